The van der Waals surface area contributed by atoms with Crippen LogP contribution in [-0.2, 0) is 14.3 Å². The van der Waals surface area contributed by atoms with Crippen LogP contribution in [0.1, 0.15) is 18.7 Å². The second-order valence-corrected chi connectivity index (χ2v) is 6.86. The van der Waals surface area contributed by atoms with E-state index in [0.29, 0.717) is 5.02 Å². The third-order valence-corrected chi connectivity index (χ3v) is 4.60. The second kappa shape index (κ2) is 8.64. The summed E-state index contributed by atoms with van der Waals surface area (Å²) in [6.45, 7) is 2.97. The monoisotopic (exact) mass is 380 g/mol. The van der Waals surface area contributed by atoms with Gasteiger partial charge in [0.2, 0.25) is 0 Å². The van der Waals surface area contributed by atoms with Crippen molar-refractivity contribution in [2.45, 2.75) is 19.9 Å². The van der Waals surface area contributed by atoms with Crippen molar-refractivity contribution in [3.63, 3.8) is 0 Å². The zero-order valence-electron chi connectivity index (χ0n) is 13.7. The largest absolute Gasteiger partial charge is 0.452 e. The number of amides is 3. The first-order valence-electron chi connectivity index (χ1n) is 7.49. The van der Waals surface area contributed by atoms with Crippen molar-refractivity contribution in [2.75, 3.05) is 6.61 Å². The number of thiophene rings is 1. The van der Waals surface area contributed by atoms with E-state index in [4.69, 9.17) is 16.3 Å². The average Bonchev–Trinajstić information content (AvgIpc) is 2.87. The van der Waals surface area contributed by atoms with Crippen molar-refractivity contribution in [3.05, 3.63) is 40.2 Å². The van der Waals surface area contributed by atoms with Gasteiger partial charge in [0, 0.05) is 27.1 Å². The Hall–Kier alpha value is -2.38. The van der Waals surface area contributed by atoms with Crippen LogP contribution < -0.4 is 10.6 Å². The number of rotatable bonds is 5. The fourth-order valence-corrected chi connectivity index (χ4v) is 3.33. The highest BCUT2D eigenvalue weighted by Gasteiger charge is 2.11. The molecule has 0 aliphatic carbocycles. The van der Waals surface area contributed by atoms with E-state index in [1.54, 1.807) is 19.9 Å². The van der Waals surface area contributed by atoms with Gasteiger partial charge in [-0.3, -0.25) is 10.1 Å². The van der Waals surface area contributed by atoms with Crippen LogP contribution in [0.5, 0.6) is 0 Å². The molecule has 0 spiro atoms. The average molecular weight is 381 g/mol. The highest BCUT2D eigenvalue weighted by molar-refractivity contribution is 7.20. The molecule has 0 unspecified atom stereocenters. The number of halogens is 1. The highest BCUT2D eigenvalue weighted by atomic mass is 35.5. The molecule has 0 fully saturated rings. The van der Waals surface area contributed by atoms with E-state index in [1.165, 1.54) is 17.4 Å². The number of ether oxygens (including phenoxy) is 1. The summed E-state index contributed by atoms with van der Waals surface area (Å²) in [7, 11) is 0. The molecule has 0 atom stereocenters. The first kappa shape index (κ1) is 19.0. The molecule has 0 saturated heterocycles. The summed E-state index contributed by atoms with van der Waals surface area (Å²) in [4.78, 5) is 35.2. The van der Waals surface area contributed by atoms with Crippen molar-refractivity contribution < 1.29 is 19.1 Å². The van der Waals surface area contributed by atoms with Gasteiger partial charge < -0.3 is 10.1 Å². The molecule has 25 heavy (non-hydrogen) atoms. The molecule has 3 amide bonds. The molecule has 1 heterocycles. The molecule has 1 aromatic carbocycles. The number of nitrogens with one attached hydrogen (secondary N) is 2. The van der Waals surface area contributed by atoms with Crippen molar-refractivity contribution in [3.8, 4) is 0 Å². The molecule has 0 aliphatic rings. The van der Waals surface area contributed by atoms with E-state index >= 15 is 0 Å². The zero-order chi connectivity index (χ0) is 18.4. The number of carbonyl (C=O) groups excluding carboxylic acids is 3. The Bertz CT molecular complexity index is 829. The van der Waals surface area contributed by atoms with E-state index in [0.717, 1.165) is 15.0 Å². The molecule has 2 N–H and O–H groups in total. The molecule has 2 rings (SSSR count). The van der Waals surface area contributed by atoms with Gasteiger partial charge in [-0.25, -0.2) is 9.59 Å². The van der Waals surface area contributed by atoms with E-state index in [1.807, 2.05) is 24.3 Å². The third-order valence-electron chi connectivity index (χ3n) is 2.95. The Balaban J connectivity index is 1.87. The van der Waals surface area contributed by atoms with E-state index < -0.39 is 24.5 Å². The summed E-state index contributed by atoms with van der Waals surface area (Å²) in [5.41, 5.74) is 0. The smallest absolute Gasteiger partial charge is 0.331 e. The Morgan fingerprint density at radius 1 is 1.28 bits per heavy atom. The van der Waals surface area contributed by atoms with Crippen LogP contribution >= 0.6 is 22.9 Å². The standard InChI is InChI=1S/C17H17ClN2O4S/c1-10(2)19-17(23)20-14(21)9-24-15(22)8-7-13-16(18)11-5-3-4-6-12(11)25-13/h3-8,10H,9H2,1-2H3,(H2,19,20,21,23)/b8-7+. The van der Waals surface area contributed by atoms with Gasteiger partial charge in [-0.15, -0.1) is 11.3 Å². The fourth-order valence-electron chi connectivity index (χ4n) is 1.93. The Kier molecular flexibility index (Phi) is 6.55. The lowest BCUT2D eigenvalue weighted by Gasteiger charge is -2.08. The quantitative estimate of drug-likeness (QED) is 0.615. The van der Waals surface area contributed by atoms with Crippen LogP contribution in [0.2, 0.25) is 5.02 Å². The predicted octanol–water partition coefficient (Wildman–Crippen LogP) is 3.35. The number of urea groups is 1. The number of hydrogen-bond acceptors (Lipinski definition) is 5. The molecule has 0 saturated carbocycles. The minimum Gasteiger partial charge on any atom is -0.452 e. The van der Waals surface area contributed by atoms with Crippen LogP contribution in [-0.4, -0.2) is 30.6 Å². The zero-order valence-corrected chi connectivity index (χ0v) is 15.2. The lowest BCUT2D eigenvalue weighted by atomic mass is 10.2. The molecule has 6 nitrogen and oxygen atoms in total. The van der Waals surface area contributed by atoms with E-state index in [9.17, 15) is 14.4 Å². The van der Waals surface area contributed by atoms with Crippen molar-refractivity contribution in [1.29, 1.82) is 0 Å². The van der Waals surface area contributed by atoms with E-state index in [-0.39, 0.29) is 6.04 Å². The molecule has 132 valence electrons. The molecular weight excluding hydrogens is 364 g/mol. The summed E-state index contributed by atoms with van der Waals surface area (Å²) >= 11 is 7.71. The lowest BCUT2D eigenvalue weighted by molar-refractivity contribution is -0.143. The first-order valence-corrected chi connectivity index (χ1v) is 8.68. The van der Waals surface area contributed by atoms with Crippen molar-refractivity contribution in [2.24, 2.45) is 0 Å². The van der Waals surface area contributed by atoms with Crippen LogP contribution in [0.3, 0.4) is 0 Å². The number of fused-ring (bicyclic) bond motifs is 1. The molecular formula is C17H17ClN2O4S. The fraction of sp³-hybridized carbons (Fsp3) is 0.235. The maximum Gasteiger partial charge on any atom is 0.331 e. The number of benzene rings is 1. The highest BCUT2D eigenvalue weighted by Crippen LogP contribution is 2.35. The molecule has 0 radical (unpaired) electrons. The minimum atomic E-state index is -0.709. The second-order valence-electron chi connectivity index (χ2n) is 5.39. The molecule has 2 aromatic rings. The van der Waals surface area contributed by atoms with Crippen LogP contribution in [0, 0.1) is 0 Å². The van der Waals surface area contributed by atoms with Gasteiger partial charge in [0.15, 0.2) is 6.61 Å². The predicted molar refractivity (Wildman–Crippen MR) is 98.6 cm³/mol. The van der Waals surface area contributed by atoms with Gasteiger partial charge in [-0.05, 0) is 26.0 Å². The van der Waals surface area contributed by atoms with Gasteiger partial charge >= 0.3 is 12.0 Å². The van der Waals surface area contributed by atoms with Gasteiger partial charge in [0.25, 0.3) is 5.91 Å². The molecule has 8 heteroatoms. The van der Waals surface area contributed by atoms with E-state index in [2.05, 4.69) is 10.6 Å². The number of imide groups is 1. The third kappa shape index (κ3) is 5.58. The van der Waals surface area contributed by atoms with Crippen LogP contribution in [0.15, 0.2) is 30.3 Å². The Labute approximate surface area is 153 Å². The molecule has 1 aromatic heterocycles. The number of carbonyl (C=O) groups is 3. The van der Waals surface area contributed by atoms with Gasteiger partial charge in [-0.2, -0.15) is 0 Å². The number of hydrogen-bond donors (Lipinski definition) is 2. The van der Waals surface area contributed by atoms with Gasteiger partial charge in [0.1, 0.15) is 0 Å². The van der Waals surface area contributed by atoms with Crippen LogP contribution in [0.4, 0.5) is 4.79 Å². The summed E-state index contributed by atoms with van der Waals surface area (Å²) in [6.07, 6.45) is 2.73. The SMILES string of the molecule is CC(C)NC(=O)NC(=O)COC(=O)/C=C/c1sc2ccccc2c1Cl. The summed E-state index contributed by atoms with van der Waals surface area (Å²) < 4.78 is 5.80. The van der Waals surface area contributed by atoms with Gasteiger partial charge in [-0.1, -0.05) is 29.8 Å². The maximum atomic E-state index is 11.7. The maximum absolute atomic E-state index is 11.7. The lowest BCUT2D eigenvalue weighted by Crippen LogP contribution is -2.43. The van der Waals surface area contributed by atoms with Crippen molar-refractivity contribution >= 4 is 57.0 Å². The van der Waals surface area contributed by atoms with Crippen LogP contribution in [0.25, 0.3) is 16.2 Å². The first-order chi connectivity index (χ1) is 11.9. The van der Waals surface area contributed by atoms with Gasteiger partial charge in [0.05, 0.1) is 5.02 Å². The summed E-state index contributed by atoms with van der Waals surface area (Å²) in [5, 5.41) is 6.02. The normalized spacial score (nSPS) is 11.0. The summed E-state index contributed by atoms with van der Waals surface area (Å²) in [5.74, 6) is -1.41. The topological polar surface area (TPSA) is 84.5 Å². The molecule has 0 aliphatic heterocycles. The minimum absolute atomic E-state index is 0.107. The number of esters is 1. The van der Waals surface area contributed by atoms with Crippen molar-refractivity contribution in [1.82, 2.24) is 10.6 Å². The molecule has 0 bridgehead atoms. The Morgan fingerprint density at radius 3 is 2.68 bits per heavy atom. The summed E-state index contributed by atoms with van der Waals surface area (Å²) in [6, 6.07) is 6.89. The Morgan fingerprint density at radius 2 is 2.00 bits per heavy atom.